The van der Waals surface area contributed by atoms with Gasteiger partial charge in [0.25, 0.3) is 5.91 Å². The maximum atomic E-state index is 12.5. The largest absolute Gasteiger partial charge is 0.490 e. The normalized spacial score (nSPS) is 10.9. The first-order chi connectivity index (χ1) is 13.4. The highest BCUT2D eigenvalue weighted by molar-refractivity contribution is 6.44. The first-order valence-electron chi connectivity index (χ1n) is 8.37. The third kappa shape index (κ3) is 5.32. The SMILES string of the molecule is CCOc1cc(/C=C(/C#N)C(=O)Nc2cccc(Cl)c2Cl)cc(Cl)c1OCC. The van der Waals surface area contributed by atoms with Crippen LogP contribution < -0.4 is 14.8 Å². The topological polar surface area (TPSA) is 71.3 Å². The molecule has 0 aromatic heterocycles. The molecule has 0 saturated carbocycles. The van der Waals surface area contributed by atoms with E-state index in [9.17, 15) is 10.1 Å². The van der Waals surface area contributed by atoms with Crippen molar-refractivity contribution in [1.29, 1.82) is 5.26 Å². The highest BCUT2D eigenvalue weighted by Gasteiger charge is 2.15. The van der Waals surface area contributed by atoms with Crippen molar-refractivity contribution in [3.05, 3.63) is 56.5 Å². The average molecular weight is 440 g/mol. The number of rotatable bonds is 7. The molecule has 146 valence electrons. The van der Waals surface area contributed by atoms with E-state index in [-0.39, 0.29) is 10.6 Å². The lowest BCUT2D eigenvalue weighted by Crippen LogP contribution is -2.13. The second kappa shape index (κ2) is 10.2. The summed E-state index contributed by atoms with van der Waals surface area (Å²) in [6, 6.07) is 9.93. The van der Waals surface area contributed by atoms with E-state index in [2.05, 4.69) is 5.32 Å². The highest BCUT2D eigenvalue weighted by Crippen LogP contribution is 2.37. The van der Waals surface area contributed by atoms with Crippen molar-refractivity contribution in [3.63, 3.8) is 0 Å². The molecule has 2 aromatic rings. The first kappa shape index (κ1) is 21.9. The second-order valence-corrected chi connectivity index (χ2v) is 6.61. The van der Waals surface area contributed by atoms with Crippen molar-refractivity contribution in [1.82, 2.24) is 0 Å². The number of hydrogen-bond acceptors (Lipinski definition) is 4. The molecule has 0 saturated heterocycles. The number of anilines is 1. The molecule has 0 atom stereocenters. The van der Waals surface area contributed by atoms with Crippen molar-refractivity contribution in [2.75, 3.05) is 18.5 Å². The fourth-order valence-electron chi connectivity index (χ4n) is 2.32. The molecular weight excluding hydrogens is 423 g/mol. The zero-order valence-electron chi connectivity index (χ0n) is 15.2. The molecule has 0 bridgehead atoms. The predicted octanol–water partition coefficient (Wildman–Crippen LogP) is 5.99. The van der Waals surface area contributed by atoms with Crippen molar-refractivity contribution in [3.8, 4) is 17.6 Å². The number of amides is 1. The molecule has 0 aliphatic rings. The van der Waals surface area contributed by atoms with Crippen LogP contribution in [0.3, 0.4) is 0 Å². The standard InChI is InChI=1S/C20H17Cl3N2O3/c1-3-27-17-10-12(9-15(22)19(17)28-4-2)8-13(11-24)20(26)25-16-7-5-6-14(21)18(16)23/h5-10H,3-4H2,1-2H3,(H,25,26)/b13-8-. The summed E-state index contributed by atoms with van der Waals surface area (Å²) in [5.74, 6) is 0.213. The van der Waals surface area contributed by atoms with Crippen LogP contribution in [0.1, 0.15) is 19.4 Å². The van der Waals surface area contributed by atoms with Crippen LogP contribution in [0.2, 0.25) is 15.1 Å². The Bertz CT molecular complexity index is 952. The number of hydrogen-bond donors (Lipinski definition) is 1. The molecular formula is C20H17Cl3N2O3. The number of nitrogens with one attached hydrogen (secondary N) is 1. The smallest absolute Gasteiger partial charge is 0.266 e. The Kier molecular flexibility index (Phi) is 8.01. The fraction of sp³-hybridized carbons (Fsp3) is 0.200. The summed E-state index contributed by atoms with van der Waals surface area (Å²) in [6.07, 6.45) is 1.40. The molecule has 2 aromatic carbocycles. The molecule has 0 aliphatic carbocycles. The summed E-state index contributed by atoms with van der Waals surface area (Å²) in [6.45, 7) is 4.48. The minimum absolute atomic E-state index is 0.140. The number of nitriles is 1. The molecule has 0 heterocycles. The van der Waals surface area contributed by atoms with E-state index in [1.54, 1.807) is 30.3 Å². The quantitative estimate of drug-likeness (QED) is 0.425. The van der Waals surface area contributed by atoms with Gasteiger partial charge in [-0.15, -0.1) is 0 Å². The van der Waals surface area contributed by atoms with Crippen LogP contribution >= 0.6 is 34.8 Å². The van der Waals surface area contributed by atoms with Crippen molar-refractivity contribution < 1.29 is 14.3 Å². The Morgan fingerprint density at radius 2 is 1.86 bits per heavy atom. The van der Waals surface area contributed by atoms with Crippen LogP contribution in [0.15, 0.2) is 35.9 Å². The average Bonchev–Trinajstić information content (AvgIpc) is 2.66. The lowest BCUT2D eigenvalue weighted by molar-refractivity contribution is -0.112. The van der Waals surface area contributed by atoms with E-state index in [0.29, 0.717) is 46.0 Å². The Balaban J connectivity index is 2.36. The molecule has 0 radical (unpaired) electrons. The van der Waals surface area contributed by atoms with Gasteiger partial charge in [0, 0.05) is 0 Å². The zero-order chi connectivity index (χ0) is 20.7. The van der Waals surface area contributed by atoms with Gasteiger partial charge >= 0.3 is 0 Å². The molecule has 0 fully saturated rings. The van der Waals surface area contributed by atoms with Gasteiger partial charge in [0.05, 0.1) is 34.0 Å². The van der Waals surface area contributed by atoms with Gasteiger partial charge in [-0.25, -0.2) is 0 Å². The minimum atomic E-state index is -0.630. The lowest BCUT2D eigenvalue weighted by atomic mass is 10.1. The van der Waals surface area contributed by atoms with Gasteiger partial charge in [0.2, 0.25) is 0 Å². The molecule has 8 heteroatoms. The minimum Gasteiger partial charge on any atom is -0.490 e. The van der Waals surface area contributed by atoms with E-state index in [1.165, 1.54) is 6.08 Å². The van der Waals surface area contributed by atoms with Crippen molar-refractivity contribution >= 4 is 52.5 Å². The van der Waals surface area contributed by atoms with Crippen LogP contribution in [-0.4, -0.2) is 19.1 Å². The fourth-order valence-corrected chi connectivity index (χ4v) is 2.95. The van der Waals surface area contributed by atoms with Gasteiger partial charge in [-0.1, -0.05) is 40.9 Å². The van der Waals surface area contributed by atoms with Gasteiger partial charge < -0.3 is 14.8 Å². The summed E-state index contributed by atoms with van der Waals surface area (Å²) < 4.78 is 11.1. The Morgan fingerprint density at radius 3 is 2.50 bits per heavy atom. The monoisotopic (exact) mass is 438 g/mol. The molecule has 1 amide bonds. The van der Waals surface area contributed by atoms with E-state index >= 15 is 0 Å². The molecule has 0 aliphatic heterocycles. The number of carbonyl (C=O) groups is 1. The highest BCUT2D eigenvalue weighted by atomic mass is 35.5. The first-order valence-corrected chi connectivity index (χ1v) is 9.50. The van der Waals surface area contributed by atoms with E-state index in [0.717, 1.165) is 0 Å². The maximum absolute atomic E-state index is 12.5. The number of ether oxygens (including phenoxy) is 2. The van der Waals surface area contributed by atoms with Crippen LogP contribution in [0.25, 0.3) is 6.08 Å². The van der Waals surface area contributed by atoms with Crippen LogP contribution in [0, 0.1) is 11.3 Å². The van der Waals surface area contributed by atoms with Gasteiger partial charge in [0.1, 0.15) is 11.6 Å². The number of nitrogens with zero attached hydrogens (tertiary/aromatic N) is 1. The van der Waals surface area contributed by atoms with Crippen molar-refractivity contribution in [2.45, 2.75) is 13.8 Å². The van der Waals surface area contributed by atoms with Gasteiger partial charge in [-0.2, -0.15) is 5.26 Å². The van der Waals surface area contributed by atoms with E-state index in [4.69, 9.17) is 44.3 Å². The molecule has 1 N–H and O–H groups in total. The van der Waals surface area contributed by atoms with Crippen LogP contribution in [0.5, 0.6) is 11.5 Å². The van der Waals surface area contributed by atoms with Gasteiger partial charge in [-0.05, 0) is 49.8 Å². The Morgan fingerprint density at radius 1 is 1.14 bits per heavy atom. The summed E-state index contributed by atoms with van der Waals surface area (Å²) in [4.78, 5) is 12.5. The molecule has 5 nitrogen and oxygen atoms in total. The van der Waals surface area contributed by atoms with Crippen LogP contribution in [-0.2, 0) is 4.79 Å². The summed E-state index contributed by atoms with van der Waals surface area (Å²) in [5, 5.41) is 12.8. The van der Waals surface area contributed by atoms with Gasteiger partial charge in [-0.3, -0.25) is 4.79 Å². The summed E-state index contributed by atoms with van der Waals surface area (Å²) in [7, 11) is 0. The molecule has 0 unspecified atom stereocenters. The lowest BCUT2D eigenvalue weighted by Gasteiger charge is -2.13. The molecule has 0 spiro atoms. The summed E-state index contributed by atoms with van der Waals surface area (Å²) >= 11 is 18.3. The predicted molar refractivity (Wildman–Crippen MR) is 112 cm³/mol. The maximum Gasteiger partial charge on any atom is 0.266 e. The molecule has 28 heavy (non-hydrogen) atoms. The Hall–Kier alpha value is -2.39. The summed E-state index contributed by atoms with van der Waals surface area (Å²) in [5.41, 5.74) is 0.680. The third-order valence-electron chi connectivity index (χ3n) is 3.50. The third-order valence-corrected chi connectivity index (χ3v) is 4.60. The zero-order valence-corrected chi connectivity index (χ0v) is 17.5. The van der Waals surface area contributed by atoms with Crippen molar-refractivity contribution in [2.24, 2.45) is 0 Å². The van der Waals surface area contributed by atoms with Gasteiger partial charge in [0.15, 0.2) is 11.5 Å². The van der Waals surface area contributed by atoms with Crippen LogP contribution in [0.4, 0.5) is 5.69 Å². The van der Waals surface area contributed by atoms with E-state index < -0.39 is 5.91 Å². The molecule has 2 rings (SSSR count). The number of benzene rings is 2. The number of carbonyl (C=O) groups excluding carboxylic acids is 1. The Labute approximate surface area is 178 Å². The second-order valence-electron chi connectivity index (χ2n) is 5.42. The number of halogens is 3. The van der Waals surface area contributed by atoms with E-state index in [1.807, 2.05) is 19.9 Å².